The Balaban J connectivity index is 0.000000175. The molecule has 14 aliphatic rings. The Hall–Kier alpha value is -5.30. The van der Waals surface area contributed by atoms with E-state index in [2.05, 4.69) is 134 Å². The molecule has 23 heteroatoms. The van der Waals surface area contributed by atoms with Crippen LogP contribution in [-0.4, -0.2) is 164 Å². The Morgan fingerprint density at radius 2 is 1.00 bits per heavy atom. The molecule has 3 radical (unpaired) electrons. The van der Waals surface area contributed by atoms with Gasteiger partial charge in [0.15, 0.2) is 0 Å². The molecule has 8 saturated carbocycles. The monoisotopic (exact) mass is 1650 g/mol. The summed E-state index contributed by atoms with van der Waals surface area (Å²) in [5, 5.41) is 36.4. The van der Waals surface area contributed by atoms with Crippen LogP contribution in [0.15, 0.2) is 84.0 Å². The van der Waals surface area contributed by atoms with Crippen molar-refractivity contribution in [3.63, 3.8) is 0 Å². The number of aldehydes is 1. The number of carbonyl (C=O) groups is 8. The quantitative estimate of drug-likeness (QED) is 0.0136. The molecule has 4 saturated heterocycles. The number of allylic oxidation sites excluding steroid dienone is 2. The van der Waals surface area contributed by atoms with Gasteiger partial charge in [0, 0.05) is 114 Å². The van der Waals surface area contributed by atoms with E-state index in [1.165, 1.54) is 95.1 Å². The minimum absolute atomic E-state index is 0. The molecule has 7 N–H and O–H groups in total. The van der Waals surface area contributed by atoms with Crippen LogP contribution in [0.5, 0.6) is 0 Å². The predicted molar refractivity (Wildman–Crippen MR) is 454 cm³/mol. The molecule has 21 nitrogen and oxygen atoms in total. The molecule has 10 aliphatic carbocycles. The third-order valence-electron chi connectivity index (χ3n) is 33.0. The second-order valence-electron chi connectivity index (χ2n) is 39.8. The van der Waals surface area contributed by atoms with Gasteiger partial charge in [0.2, 0.25) is 29.6 Å². The zero-order valence-corrected chi connectivity index (χ0v) is 76.1. The van der Waals surface area contributed by atoms with E-state index in [1.54, 1.807) is 11.1 Å². The summed E-state index contributed by atoms with van der Waals surface area (Å²) in [5.74, 6) is 5.91. The van der Waals surface area contributed by atoms with Gasteiger partial charge in [-0.25, -0.2) is 19.4 Å². The molecule has 4 spiro atoms. The van der Waals surface area contributed by atoms with Gasteiger partial charge in [-0.15, -0.1) is 0 Å². The number of hydrogen-bond donors (Lipinski definition) is 7. The number of aliphatic hydroxyl groups is 2. The standard InChI is InChI=1S/C45H67N3O4.C28H43NO2.C17H24N2O3.C4H6O4.C2H3BO2.Na/c1-30-25-38-41(48(28-30)24-23-47-39(50)13-9-6-10-22-46-40(51)17-14-32-11-7-5-8-12-32)31(2)45(52-38)21-19-36-35-16-15-33-26-34(49)18-20-42(33,3)37(35)27-44(36)29-43(44,45)4;1-16-11-23-24(29-14-16)17(2)28(31-23)10-8-21-20-6-5-18-12-19(30)7-9-25(18,3)22(20)13-27(21)15-26(27,28)4;20-14-13-19-16(21)9-5-2-6-12-18-17(22)11-10-15-7-3-1-4-8-15;1-3(5)7-8-4(2)6;1-2(4)5-3;/h5,7-8,11-12,15,30-31,34-38,41,49H,6,9-10,13-14,16-29H2,1-4H3,(H,46,51)(H,47,50);5,16-17,19-24,29-30H,6-15H2,1-4H3;1,3-4,7-8,14H,2,5-6,9-13H2,(H,18,22)(H,19,21);1-2H3;1H3;/q;;;;-1;+1/t30-,31+,34-,35-,36-,37-,38+,41-,42-,43?,44?,45+;16-,17+,19-,20-,21-,22-,23+,24-,25-,26?,27?,28+;;;;/m00..../s1. The molecule has 651 valence electrons. The Bertz CT molecular complexity index is 3880. The van der Waals surface area contributed by atoms with Gasteiger partial charge >= 0.3 is 41.5 Å². The van der Waals surface area contributed by atoms with Gasteiger partial charge in [-0.1, -0.05) is 152 Å². The summed E-state index contributed by atoms with van der Waals surface area (Å²) in [6.07, 6.45) is 36.8. The van der Waals surface area contributed by atoms with Crippen molar-refractivity contribution in [2.24, 2.45) is 91.7 Å². The fourth-order valence-corrected chi connectivity index (χ4v) is 27.2. The number of benzene rings is 2. The van der Waals surface area contributed by atoms with Crippen molar-refractivity contribution in [3.8, 4) is 0 Å². The number of unbranched alkanes of at least 4 members (excludes halogenated alkanes) is 4. The average molecular weight is 1660 g/mol. The van der Waals surface area contributed by atoms with Crippen molar-refractivity contribution in [2.45, 2.75) is 316 Å². The van der Waals surface area contributed by atoms with Crippen molar-refractivity contribution in [1.82, 2.24) is 31.5 Å². The van der Waals surface area contributed by atoms with Crippen LogP contribution < -0.4 is 56.1 Å². The van der Waals surface area contributed by atoms with Crippen molar-refractivity contribution < 1.29 is 102 Å². The van der Waals surface area contributed by atoms with E-state index < -0.39 is 17.9 Å². The van der Waals surface area contributed by atoms with Crippen molar-refractivity contribution >= 4 is 55.9 Å². The smallest absolute Gasteiger partial charge is 0.793 e. The van der Waals surface area contributed by atoms with E-state index in [9.17, 15) is 48.6 Å². The summed E-state index contributed by atoms with van der Waals surface area (Å²) in [5.41, 5.74) is 7.77. The number of aryl methyl sites for hydroxylation is 2. The minimum atomic E-state index is -0.639. The molecular formula is C96H143BN6NaO15. The molecule has 12 fully saturated rings. The van der Waals surface area contributed by atoms with Gasteiger partial charge in [-0.3, -0.25) is 28.9 Å². The Morgan fingerprint density at radius 3 is 1.47 bits per heavy atom. The number of aliphatic hydroxyl groups excluding tert-OH is 2. The summed E-state index contributed by atoms with van der Waals surface area (Å²) in [6.45, 7) is 29.0. The molecule has 4 unspecified atom stereocenters. The topological polar surface area (TPSA) is 287 Å². The molecule has 119 heavy (non-hydrogen) atoms. The first kappa shape index (κ1) is 94.4. The van der Waals surface area contributed by atoms with E-state index in [0.717, 1.165) is 165 Å². The Morgan fingerprint density at radius 1 is 0.555 bits per heavy atom. The van der Waals surface area contributed by atoms with Crippen LogP contribution in [0.2, 0.25) is 0 Å². The molecule has 4 amide bonds. The van der Waals surface area contributed by atoms with Crippen LogP contribution >= 0.6 is 0 Å². The molecule has 2 aromatic carbocycles. The average Bonchev–Trinajstić information content (AvgIpc) is 1.46. The fourth-order valence-electron chi connectivity index (χ4n) is 27.2. The zero-order valence-electron chi connectivity index (χ0n) is 74.1. The second-order valence-corrected chi connectivity index (χ2v) is 39.8. The number of piperidine rings is 2. The van der Waals surface area contributed by atoms with E-state index >= 15 is 0 Å². The van der Waals surface area contributed by atoms with Crippen molar-refractivity contribution in [2.75, 3.05) is 45.8 Å². The normalized spacial score (nSPS) is 38.2. The summed E-state index contributed by atoms with van der Waals surface area (Å²) in [7, 11) is 4.32. The van der Waals surface area contributed by atoms with Gasteiger partial charge in [-0.2, -0.15) is 0 Å². The largest absolute Gasteiger partial charge is 1.00 e. The van der Waals surface area contributed by atoms with Crippen LogP contribution in [0.25, 0.3) is 0 Å². The van der Waals surface area contributed by atoms with E-state index in [1.807, 2.05) is 48.5 Å². The van der Waals surface area contributed by atoms with Crippen LogP contribution in [0.3, 0.4) is 0 Å². The first-order valence-corrected chi connectivity index (χ1v) is 45.7. The number of likely N-dealkylation sites (tertiary alicyclic amines) is 1. The summed E-state index contributed by atoms with van der Waals surface area (Å²) >= 11 is 0. The van der Waals surface area contributed by atoms with E-state index in [0.29, 0.717) is 109 Å². The molecule has 24 atom stereocenters. The number of fused-ring (bicyclic) bond motifs is 12. The molecule has 0 aromatic heterocycles. The van der Waals surface area contributed by atoms with Crippen LogP contribution in [0, 0.1) is 91.7 Å². The number of nitrogens with one attached hydrogen (secondary N) is 5. The van der Waals surface area contributed by atoms with Gasteiger partial charge in [-0.05, 0) is 241 Å². The zero-order chi connectivity index (χ0) is 84.6. The Labute approximate surface area is 733 Å². The first-order chi connectivity index (χ1) is 56.4. The molecular weight excluding hydrogens is 1510 g/mol. The minimum Gasteiger partial charge on any atom is -0.793 e. The third kappa shape index (κ3) is 20.0. The number of nitrogens with zero attached hydrogens (tertiary/aromatic N) is 1. The molecule has 4 heterocycles. The molecule has 16 rings (SSSR count). The maximum absolute atomic E-state index is 12.8. The second kappa shape index (κ2) is 40.3. The summed E-state index contributed by atoms with van der Waals surface area (Å²) in [4.78, 5) is 97.5. The molecule has 4 aliphatic heterocycles. The molecule has 0 bridgehead atoms. The number of hydrogen-bond acceptors (Lipinski definition) is 17. The van der Waals surface area contributed by atoms with Crippen molar-refractivity contribution in [1.29, 1.82) is 0 Å². The Kier molecular flexibility index (Phi) is 32.0. The third-order valence-corrected chi connectivity index (χ3v) is 33.0. The van der Waals surface area contributed by atoms with E-state index in [-0.39, 0.29) is 100 Å². The van der Waals surface area contributed by atoms with E-state index in [4.69, 9.17) is 9.47 Å². The number of carbonyl (C=O) groups excluding carboxylic acids is 8. The first-order valence-electron chi connectivity index (χ1n) is 45.7. The van der Waals surface area contributed by atoms with Crippen molar-refractivity contribution in [3.05, 3.63) is 95.1 Å². The summed E-state index contributed by atoms with van der Waals surface area (Å²) < 4.78 is 18.4. The van der Waals surface area contributed by atoms with Crippen LogP contribution in [0.1, 0.15) is 267 Å². The maximum atomic E-state index is 12.8. The predicted octanol–water partition coefficient (Wildman–Crippen LogP) is 10.6. The van der Waals surface area contributed by atoms with Crippen LogP contribution in [0.4, 0.5) is 0 Å². The number of amides is 4. The number of rotatable bonds is 23. The van der Waals surface area contributed by atoms with Gasteiger partial charge in [0.05, 0.1) is 42.2 Å². The van der Waals surface area contributed by atoms with Crippen LogP contribution in [-0.2, 0) is 75.1 Å². The fraction of sp³-hybridized carbons (Fsp3) is 0.750. The SMILES string of the molecule is CC(=O)OOC(C)=O.C[C@@H]1CN[C@H]2[C@@H](C)[C@@]3(CC[C@H]4[C@@H]5CC=C6C[C@@H](O)CC[C@]6(C)[C@H]5CC45CC53C)O[C@@H]2C1.C[C@H]1C[C@H]2O[C@]3(CC[C@H]4[C@@H]5CC=C6C[C@@H](O)CC[C@]6(C)[C@H]5CC45CC53C)[C@H](C)[C@@H]2N(CCNC(=O)CCCCCNC(=O)CCc2ccccc2)C1.O=CCNC(=O)CCCCCNC(=O)CCc1ccccc1.[B-]OC(C)=O.[Na+]. The maximum Gasteiger partial charge on any atom is 1.00 e. The summed E-state index contributed by atoms with van der Waals surface area (Å²) in [6, 6.07) is 21.1. The van der Waals surface area contributed by atoms with Gasteiger partial charge in [0.25, 0.3) is 0 Å². The number of ether oxygens (including phenoxy) is 2. The van der Waals surface area contributed by atoms with Gasteiger partial charge in [0.1, 0.15) is 6.29 Å². The molecule has 2 aromatic rings. The van der Waals surface area contributed by atoms with Gasteiger partial charge < -0.3 is 63.8 Å².